The first kappa shape index (κ1) is 20.0. The minimum absolute atomic E-state index is 0.00672. The van der Waals surface area contributed by atoms with Crippen LogP contribution in [0.3, 0.4) is 0 Å². The highest BCUT2D eigenvalue weighted by molar-refractivity contribution is 6.30. The smallest absolute Gasteiger partial charge is 0.338 e. The first-order chi connectivity index (χ1) is 13.6. The average Bonchev–Trinajstić information content (AvgIpc) is 2.73. The largest absolute Gasteiger partial charge is 0.462 e. The van der Waals surface area contributed by atoms with Crippen molar-refractivity contribution in [1.29, 1.82) is 0 Å². The summed E-state index contributed by atoms with van der Waals surface area (Å²) in [5.74, 6) is -0.302. The van der Waals surface area contributed by atoms with Crippen molar-refractivity contribution >= 4 is 35.2 Å². The summed E-state index contributed by atoms with van der Waals surface area (Å²) >= 11 is 5.87. The van der Waals surface area contributed by atoms with E-state index in [1.54, 1.807) is 43.3 Å². The number of hydrogen-bond acceptors (Lipinski definition) is 4. The summed E-state index contributed by atoms with van der Waals surface area (Å²) in [5.41, 5.74) is 2.53. The third kappa shape index (κ3) is 5.14. The van der Waals surface area contributed by atoms with Crippen molar-refractivity contribution < 1.29 is 14.3 Å². The maximum atomic E-state index is 12.4. The minimum Gasteiger partial charge on any atom is -0.462 e. The Kier molecular flexibility index (Phi) is 6.71. The van der Waals surface area contributed by atoms with Gasteiger partial charge in [0, 0.05) is 43.0 Å². The Balaban J connectivity index is 1.53. The monoisotopic (exact) mass is 398 g/mol. The van der Waals surface area contributed by atoms with Gasteiger partial charge in [-0.3, -0.25) is 4.79 Å². The zero-order chi connectivity index (χ0) is 19.9. The van der Waals surface area contributed by atoms with Crippen LogP contribution in [0.5, 0.6) is 0 Å². The molecule has 6 heteroatoms. The number of carbonyl (C=O) groups excluding carboxylic acids is 2. The zero-order valence-corrected chi connectivity index (χ0v) is 16.6. The minimum atomic E-state index is -0.308. The second kappa shape index (κ2) is 9.42. The SMILES string of the molecule is CCOC(=O)c1ccc(N2CCN(C(=O)/C=C/c3ccc(Cl)cc3)CC2)cc1. The van der Waals surface area contributed by atoms with Crippen molar-refractivity contribution in [2.75, 3.05) is 37.7 Å². The molecule has 0 aromatic heterocycles. The van der Waals surface area contributed by atoms with Gasteiger partial charge in [0.25, 0.3) is 0 Å². The van der Waals surface area contributed by atoms with Crippen LogP contribution >= 0.6 is 11.6 Å². The predicted molar refractivity (Wildman–Crippen MR) is 112 cm³/mol. The number of benzene rings is 2. The maximum Gasteiger partial charge on any atom is 0.338 e. The summed E-state index contributed by atoms with van der Waals surface area (Å²) < 4.78 is 5.00. The van der Waals surface area contributed by atoms with Crippen molar-refractivity contribution in [2.45, 2.75) is 6.92 Å². The Bertz CT molecular complexity index is 839. The fourth-order valence-corrected chi connectivity index (χ4v) is 3.18. The Morgan fingerprint density at radius 3 is 2.25 bits per heavy atom. The van der Waals surface area contributed by atoms with Gasteiger partial charge in [-0.2, -0.15) is 0 Å². The van der Waals surface area contributed by atoms with E-state index in [0.717, 1.165) is 24.3 Å². The lowest BCUT2D eigenvalue weighted by molar-refractivity contribution is -0.126. The van der Waals surface area contributed by atoms with E-state index in [4.69, 9.17) is 16.3 Å². The van der Waals surface area contributed by atoms with Gasteiger partial charge in [0.1, 0.15) is 0 Å². The molecular weight excluding hydrogens is 376 g/mol. The lowest BCUT2D eigenvalue weighted by Crippen LogP contribution is -2.48. The van der Waals surface area contributed by atoms with E-state index in [2.05, 4.69) is 4.90 Å². The summed E-state index contributed by atoms with van der Waals surface area (Å²) in [6.45, 7) is 4.96. The molecule has 0 N–H and O–H groups in total. The van der Waals surface area contributed by atoms with Gasteiger partial charge in [-0.1, -0.05) is 23.7 Å². The molecule has 1 fully saturated rings. The van der Waals surface area contributed by atoms with Crippen LogP contribution in [0.4, 0.5) is 5.69 Å². The molecule has 2 aromatic rings. The number of nitrogens with zero attached hydrogens (tertiary/aromatic N) is 2. The Morgan fingerprint density at radius 1 is 1.00 bits per heavy atom. The molecule has 0 spiro atoms. The summed E-state index contributed by atoms with van der Waals surface area (Å²) in [6.07, 6.45) is 3.41. The standard InChI is InChI=1S/C22H23ClN2O3/c1-2-28-22(27)18-6-10-20(11-7-18)24-13-15-25(16-14-24)21(26)12-5-17-3-8-19(23)9-4-17/h3-12H,2,13-16H2,1H3/b12-5+. The number of esters is 1. The summed E-state index contributed by atoms with van der Waals surface area (Å²) in [6, 6.07) is 14.8. The molecule has 146 valence electrons. The van der Waals surface area contributed by atoms with Crippen LogP contribution in [0, 0.1) is 0 Å². The molecule has 0 unspecified atom stereocenters. The quantitative estimate of drug-likeness (QED) is 0.566. The Labute approximate surface area is 170 Å². The lowest BCUT2D eigenvalue weighted by atomic mass is 10.1. The fourth-order valence-electron chi connectivity index (χ4n) is 3.05. The van der Waals surface area contributed by atoms with Gasteiger partial charge in [0.2, 0.25) is 5.91 Å². The fraction of sp³-hybridized carbons (Fsp3) is 0.273. The predicted octanol–water partition coefficient (Wildman–Crippen LogP) is 3.88. The number of amides is 1. The molecule has 1 aliphatic heterocycles. The van der Waals surface area contributed by atoms with Crippen molar-refractivity contribution in [2.24, 2.45) is 0 Å². The second-order valence-electron chi connectivity index (χ2n) is 6.46. The van der Waals surface area contributed by atoms with Gasteiger partial charge in [0.15, 0.2) is 0 Å². The van der Waals surface area contributed by atoms with E-state index in [9.17, 15) is 9.59 Å². The van der Waals surface area contributed by atoms with E-state index in [1.807, 2.05) is 29.2 Å². The van der Waals surface area contributed by atoms with Crippen molar-refractivity contribution in [3.8, 4) is 0 Å². The van der Waals surface area contributed by atoms with Gasteiger partial charge in [-0.15, -0.1) is 0 Å². The van der Waals surface area contributed by atoms with Crippen LogP contribution in [0.25, 0.3) is 6.08 Å². The molecule has 1 aliphatic rings. The lowest BCUT2D eigenvalue weighted by Gasteiger charge is -2.35. The molecule has 1 heterocycles. The second-order valence-corrected chi connectivity index (χ2v) is 6.90. The number of anilines is 1. The van der Waals surface area contributed by atoms with Gasteiger partial charge < -0.3 is 14.5 Å². The van der Waals surface area contributed by atoms with Crippen molar-refractivity contribution in [1.82, 2.24) is 4.90 Å². The third-order valence-corrected chi connectivity index (χ3v) is 4.88. The molecule has 0 atom stereocenters. The number of carbonyl (C=O) groups is 2. The first-order valence-corrected chi connectivity index (χ1v) is 9.69. The maximum absolute atomic E-state index is 12.4. The van der Waals surface area contributed by atoms with E-state index < -0.39 is 0 Å². The highest BCUT2D eigenvalue weighted by Crippen LogP contribution is 2.18. The Hall–Kier alpha value is -2.79. The molecule has 0 bridgehead atoms. The summed E-state index contributed by atoms with van der Waals surface area (Å²) in [5, 5.41) is 0.676. The average molecular weight is 399 g/mol. The van der Waals surface area contributed by atoms with Gasteiger partial charge >= 0.3 is 5.97 Å². The van der Waals surface area contributed by atoms with Crippen LogP contribution in [0.1, 0.15) is 22.8 Å². The first-order valence-electron chi connectivity index (χ1n) is 9.31. The van der Waals surface area contributed by atoms with Crippen molar-refractivity contribution in [3.63, 3.8) is 0 Å². The molecule has 1 saturated heterocycles. The summed E-state index contributed by atoms with van der Waals surface area (Å²) in [4.78, 5) is 28.2. The highest BCUT2D eigenvalue weighted by atomic mass is 35.5. The number of rotatable bonds is 5. The molecule has 0 aliphatic carbocycles. The zero-order valence-electron chi connectivity index (χ0n) is 15.8. The molecule has 2 aromatic carbocycles. The highest BCUT2D eigenvalue weighted by Gasteiger charge is 2.20. The van der Waals surface area contributed by atoms with Gasteiger partial charge in [0.05, 0.1) is 12.2 Å². The van der Waals surface area contributed by atoms with E-state index >= 15 is 0 Å². The normalized spacial score (nSPS) is 14.4. The molecule has 5 nitrogen and oxygen atoms in total. The van der Waals surface area contributed by atoms with E-state index in [0.29, 0.717) is 30.3 Å². The van der Waals surface area contributed by atoms with Crippen LogP contribution < -0.4 is 4.90 Å². The van der Waals surface area contributed by atoms with Crippen molar-refractivity contribution in [3.05, 3.63) is 70.8 Å². The van der Waals surface area contributed by atoms with E-state index in [-0.39, 0.29) is 11.9 Å². The van der Waals surface area contributed by atoms with E-state index in [1.165, 1.54) is 0 Å². The van der Waals surface area contributed by atoms with Crippen LogP contribution in [0.2, 0.25) is 5.02 Å². The molecule has 28 heavy (non-hydrogen) atoms. The van der Waals surface area contributed by atoms with Crippen LogP contribution in [0.15, 0.2) is 54.6 Å². The molecule has 3 rings (SSSR count). The molecule has 0 saturated carbocycles. The van der Waals surface area contributed by atoms with Crippen LogP contribution in [-0.4, -0.2) is 49.6 Å². The molecule has 1 amide bonds. The number of hydrogen-bond donors (Lipinski definition) is 0. The summed E-state index contributed by atoms with van der Waals surface area (Å²) in [7, 11) is 0. The van der Waals surface area contributed by atoms with Gasteiger partial charge in [-0.25, -0.2) is 4.79 Å². The molecular formula is C22H23ClN2O3. The Morgan fingerprint density at radius 2 is 1.64 bits per heavy atom. The number of halogens is 1. The number of ether oxygens (including phenoxy) is 1. The van der Waals surface area contributed by atoms with Gasteiger partial charge in [-0.05, 0) is 55.0 Å². The topological polar surface area (TPSA) is 49.9 Å². The number of piperazine rings is 1. The third-order valence-electron chi connectivity index (χ3n) is 4.62. The molecule has 0 radical (unpaired) electrons. The van der Waals surface area contributed by atoms with Crippen LogP contribution in [-0.2, 0) is 9.53 Å².